The number of carbonyl (C=O) groups excluding carboxylic acids is 1. The smallest absolute Gasteiger partial charge is 0.256 e. The van der Waals surface area contributed by atoms with Gasteiger partial charge in [0.05, 0.1) is 34.1 Å². The molecule has 0 spiro atoms. The second kappa shape index (κ2) is 2.79. The molecule has 1 N–H and O–H groups in total. The number of anilines is 2. The number of hydrogen-bond acceptors (Lipinski definition) is 2. The molecule has 0 unspecified atom stereocenters. The maximum atomic E-state index is 11.2. The van der Waals surface area contributed by atoms with E-state index in [1.807, 2.05) is 24.3 Å². The molecule has 1 aliphatic heterocycles. The Hall–Kier alpha value is -1.03. The summed E-state index contributed by atoms with van der Waals surface area (Å²) in [6.07, 6.45) is 0. The highest BCUT2D eigenvalue weighted by molar-refractivity contribution is 9.10. The normalized spacial score (nSPS) is 15.4. The number of benzene rings is 1. The van der Waals surface area contributed by atoms with Crippen molar-refractivity contribution in [3.8, 4) is 0 Å². The number of para-hydroxylation sites is 2. The molecule has 0 aliphatic carbocycles. The molecule has 0 bridgehead atoms. The molecule has 0 fully saturated rings. The lowest BCUT2D eigenvalue weighted by molar-refractivity contribution is -0.115. The number of nitrogens with one attached hydrogen (secondary N) is 1. The lowest BCUT2D eigenvalue weighted by Crippen LogP contribution is -2.32. The van der Waals surface area contributed by atoms with E-state index in [4.69, 9.17) is 0 Å². The third kappa shape index (κ3) is 1.08. The third-order valence-electron chi connectivity index (χ3n) is 1.76. The second-order valence-corrected chi connectivity index (χ2v) is 3.25. The molecule has 3 nitrogen and oxygen atoms in total. The molecule has 1 amide bonds. The molecule has 0 saturated heterocycles. The number of hydrogen-bond donors (Lipinski definition) is 1. The minimum Gasteiger partial charge on any atom is -0.374 e. The Morgan fingerprint density at radius 3 is 3.00 bits per heavy atom. The summed E-state index contributed by atoms with van der Waals surface area (Å²) < 4.78 is 1.48. The van der Waals surface area contributed by atoms with Gasteiger partial charge in [0.1, 0.15) is 0 Å². The highest BCUT2D eigenvalue weighted by Gasteiger charge is 2.20. The van der Waals surface area contributed by atoms with Gasteiger partial charge < -0.3 is 5.32 Å². The Labute approximate surface area is 78.7 Å². The monoisotopic (exact) mass is 226 g/mol. The van der Waals surface area contributed by atoms with E-state index in [1.54, 1.807) is 0 Å². The summed E-state index contributed by atoms with van der Waals surface area (Å²) in [7, 11) is 0. The van der Waals surface area contributed by atoms with Gasteiger partial charge in [-0.25, -0.2) is 3.93 Å². The van der Waals surface area contributed by atoms with Crippen LogP contribution in [0.5, 0.6) is 0 Å². The van der Waals surface area contributed by atoms with Crippen LogP contribution in [0.3, 0.4) is 0 Å². The molecule has 0 aromatic heterocycles. The van der Waals surface area contributed by atoms with Crippen LogP contribution in [0.25, 0.3) is 0 Å². The van der Waals surface area contributed by atoms with E-state index < -0.39 is 0 Å². The molecule has 0 radical (unpaired) electrons. The van der Waals surface area contributed by atoms with Crippen LogP contribution in [-0.2, 0) is 4.79 Å². The maximum absolute atomic E-state index is 11.2. The van der Waals surface area contributed by atoms with Crippen LogP contribution in [-0.4, -0.2) is 12.5 Å². The molecule has 1 heterocycles. The van der Waals surface area contributed by atoms with Crippen LogP contribution >= 0.6 is 16.1 Å². The first-order valence-corrected chi connectivity index (χ1v) is 4.31. The first-order chi connectivity index (χ1) is 5.79. The molecular formula is C8H7BrN2O. The second-order valence-electron chi connectivity index (χ2n) is 2.55. The Kier molecular flexibility index (Phi) is 1.77. The van der Waals surface area contributed by atoms with Crippen molar-refractivity contribution in [3.05, 3.63) is 24.3 Å². The summed E-state index contributed by atoms with van der Waals surface area (Å²) in [5.41, 5.74) is 1.85. The SMILES string of the molecule is O=C1CNc2ccccc2N1Br. The lowest BCUT2D eigenvalue weighted by Gasteiger charge is -2.24. The van der Waals surface area contributed by atoms with Crippen LogP contribution in [0, 0.1) is 0 Å². The number of nitrogens with zero attached hydrogens (tertiary/aromatic N) is 1. The van der Waals surface area contributed by atoms with Crippen LogP contribution < -0.4 is 9.24 Å². The molecule has 4 heteroatoms. The summed E-state index contributed by atoms with van der Waals surface area (Å²) in [5.74, 6) is 0.0219. The van der Waals surface area contributed by atoms with Crippen molar-refractivity contribution in [2.45, 2.75) is 0 Å². The van der Waals surface area contributed by atoms with Gasteiger partial charge in [-0.15, -0.1) is 0 Å². The van der Waals surface area contributed by atoms with Crippen LogP contribution in [0.2, 0.25) is 0 Å². The fourth-order valence-corrected chi connectivity index (χ4v) is 1.60. The van der Waals surface area contributed by atoms with Crippen molar-refractivity contribution in [1.82, 2.24) is 0 Å². The standard InChI is InChI=1S/C8H7BrN2O/c9-11-7-4-2-1-3-6(7)10-5-8(11)12/h1-4,10H,5H2. The number of amides is 1. The van der Waals surface area contributed by atoms with E-state index in [1.165, 1.54) is 3.93 Å². The molecule has 1 aromatic rings. The minimum absolute atomic E-state index is 0.0219. The molecule has 0 atom stereocenters. The van der Waals surface area contributed by atoms with Gasteiger partial charge in [-0.3, -0.25) is 4.79 Å². The fraction of sp³-hybridized carbons (Fsp3) is 0.125. The zero-order valence-electron chi connectivity index (χ0n) is 6.25. The Morgan fingerprint density at radius 2 is 2.17 bits per heavy atom. The van der Waals surface area contributed by atoms with Gasteiger partial charge in [0.2, 0.25) is 0 Å². The average Bonchev–Trinajstić information content (AvgIpc) is 2.12. The maximum Gasteiger partial charge on any atom is 0.256 e. The highest BCUT2D eigenvalue weighted by Crippen LogP contribution is 2.30. The van der Waals surface area contributed by atoms with E-state index in [2.05, 4.69) is 21.5 Å². The van der Waals surface area contributed by atoms with E-state index >= 15 is 0 Å². The zero-order chi connectivity index (χ0) is 8.55. The van der Waals surface area contributed by atoms with Crippen molar-refractivity contribution in [2.75, 3.05) is 15.8 Å². The lowest BCUT2D eigenvalue weighted by atomic mass is 10.2. The molecular weight excluding hydrogens is 220 g/mol. The van der Waals surface area contributed by atoms with Gasteiger partial charge in [0.25, 0.3) is 5.91 Å². The topological polar surface area (TPSA) is 32.3 Å². The van der Waals surface area contributed by atoms with Crippen LogP contribution in [0.4, 0.5) is 11.4 Å². The van der Waals surface area contributed by atoms with E-state index in [-0.39, 0.29) is 5.91 Å². The first-order valence-electron chi connectivity index (χ1n) is 3.60. The Bertz CT molecular complexity index is 327. The first kappa shape index (κ1) is 7.61. The van der Waals surface area contributed by atoms with Gasteiger partial charge in [-0.05, 0) is 12.1 Å². The molecule has 1 aliphatic rings. The predicted molar refractivity (Wildman–Crippen MR) is 51.3 cm³/mol. The molecule has 2 rings (SSSR count). The van der Waals surface area contributed by atoms with E-state index in [0.717, 1.165) is 11.4 Å². The summed E-state index contributed by atoms with van der Waals surface area (Å²) in [6.45, 7) is 0.349. The number of halogens is 1. The predicted octanol–water partition coefficient (Wildman–Crippen LogP) is 1.75. The van der Waals surface area contributed by atoms with Crippen molar-refractivity contribution >= 4 is 33.4 Å². The Morgan fingerprint density at radius 1 is 1.42 bits per heavy atom. The van der Waals surface area contributed by atoms with Crippen molar-refractivity contribution in [2.24, 2.45) is 0 Å². The summed E-state index contributed by atoms with van der Waals surface area (Å²) in [6, 6.07) is 7.65. The van der Waals surface area contributed by atoms with Gasteiger partial charge in [0.15, 0.2) is 0 Å². The van der Waals surface area contributed by atoms with E-state index in [0.29, 0.717) is 6.54 Å². The van der Waals surface area contributed by atoms with Crippen molar-refractivity contribution in [1.29, 1.82) is 0 Å². The van der Waals surface area contributed by atoms with E-state index in [9.17, 15) is 4.79 Å². The third-order valence-corrected chi connectivity index (χ3v) is 2.54. The van der Waals surface area contributed by atoms with Gasteiger partial charge in [0, 0.05) is 0 Å². The summed E-state index contributed by atoms with van der Waals surface area (Å²) in [5, 5.41) is 3.02. The minimum atomic E-state index is 0.0219. The van der Waals surface area contributed by atoms with Gasteiger partial charge in [-0.2, -0.15) is 0 Å². The van der Waals surface area contributed by atoms with Crippen molar-refractivity contribution < 1.29 is 4.79 Å². The average molecular weight is 227 g/mol. The molecule has 1 aromatic carbocycles. The van der Waals surface area contributed by atoms with Crippen molar-refractivity contribution in [3.63, 3.8) is 0 Å². The largest absolute Gasteiger partial charge is 0.374 e. The number of carbonyl (C=O) groups is 1. The quantitative estimate of drug-likeness (QED) is 0.685. The fourth-order valence-electron chi connectivity index (χ4n) is 1.17. The number of rotatable bonds is 0. The van der Waals surface area contributed by atoms with Crippen LogP contribution in [0.1, 0.15) is 0 Å². The molecule has 12 heavy (non-hydrogen) atoms. The number of fused-ring (bicyclic) bond motifs is 1. The molecule has 0 saturated carbocycles. The summed E-state index contributed by atoms with van der Waals surface area (Å²) in [4.78, 5) is 11.2. The Balaban J connectivity index is 2.48. The van der Waals surface area contributed by atoms with Gasteiger partial charge >= 0.3 is 0 Å². The molecule has 62 valence electrons. The van der Waals surface area contributed by atoms with Gasteiger partial charge in [-0.1, -0.05) is 12.1 Å². The van der Waals surface area contributed by atoms with Crippen LogP contribution in [0.15, 0.2) is 24.3 Å². The highest BCUT2D eigenvalue weighted by atomic mass is 79.9. The zero-order valence-corrected chi connectivity index (χ0v) is 7.84. The summed E-state index contributed by atoms with van der Waals surface area (Å²) >= 11 is 3.20.